The highest BCUT2D eigenvalue weighted by Crippen LogP contribution is 2.51. The molecular weight excluding hydrogens is 470 g/mol. The zero-order chi connectivity index (χ0) is 26.5. The Labute approximate surface area is 217 Å². The summed E-state index contributed by atoms with van der Waals surface area (Å²) in [6.07, 6.45) is 4.97. The van der Waals surface area contributed by atoms with Crippen molar-refractivity contribution in [3.05, 3.63) is 53.9 Å². The molecule has 5 rings (SSSR count). The van der Waals surface area contributed by atoms with Gasteiger partial charge >= 0.3 is 0 Å². The molecule has 196 valence electrons. The molecule has 1 aromatic carbocycles. The minimum absolute atomic E-state index is 0.0383. The standard InChI is InChI=1S/C28H35N5O4/c1-27(2)14-23(34)33(26(29)32-27)24(16-7-6-10-30-15-16)19-12-20(19)25(35)31-21-13-28(3,4)37-22-11-17(36-5)8-9-18(21)22/h6-11,15,19-21,24H,12-14H2,1-5H3,(H2,29,32)(H,31,35)/t19-,20-,21-,24+/m0/s1. The average molecular weight is 506 g/mol. The number of aliphatic imine (C=N–C) groups is 1. The second-order valence-corrected chi connectivity index (χ2v) is 11.5. The molecule has 1 aromatic heterocycles. The Hall–Kier alpha value is -3.62. The number of methoxy groups -OCH3 is 1. The summed E-state index contributed by atoms with van der Waals surface area (Å²) >= 11 is 0. The van der Waals surface area contributed by atoms with Crippen LogP contribution in [0.25, 0.3) is 0 Å². The van der Waals surface area contributed by atoms with E-state index < -0.39 is 17.2 Å². The molecule has 2 aromatic rings. The maximum atomic E-state index is 13.6. The first-order valence-electron chi connectivity index (χ1n) is 12.7. The third-order valence-electron chi connectivity index (χ3n) is 7.40. The van der Waals surface area contributed by atoms with E-state index in [1.807, 2.05) is 58.0 Å². The molecule has 3 N–H and O–H groups in total. The van der Waals surface area contributed by atoms with E-state index in [1.54, 1.807) is 24.4 Å². The van der Waals surface area contributed by atoms with Gasteiger partial charge in [-0.25, -0.2) is 4.99 Å². The van der Waals surface area contributed by atoms with Crippen LogP contribution in [-0.4, -0.2) is 45.9 Å². The first kappa shape index (κ1) is 25.0. The molecule has 0 spiro atoms. The molecule has 1 fully saturated rings. The Kier molecular flexibility index (Phi) is 6.12. The van der Waals surface area contributed by atoms with Gasteiger partial charge in [0.2, 0.25) is 11.8 Å². The Morgan fingerprint density at radius 2 is 2.05 bits per heavy atom. The number of fused-ring (bicyclic) bond motifs is 1. The first-order chi connectivity index (χ1) is 17.5. The first-order valence-corrected chi connectivity index (χ1v) is 12.7. The van der Waals surface area contributed by atoms with Crippen LogP contribution in [0.15, 0.2) is 47.7 Å². The van der Waals surface area contributed by atoms with Crippen molar-refractivity contribution in [3.8, 4) is 11.5 Å². The van der Waals surface area contributed by atoms with Gasteiger partial charge in [-0.3, -0.25) is 19.5 Å². The number of hydrogen-bond donors (Lipinski definition) is 2. The van der Waals surface area contributed by atoms with Gasteiger partial charge < -0.3 is 20.5 Å². The molecule has 3 heterocycles. The van der Waals surface area contributed by atoms with Crippen molar-refractivity contribution in [2.75, 3.05) is 7.11 Å². The van der Waals surface area contributed by atoms with Gasteiger partial charge in [-0.05, 0) is 63.8 Å². The summed E-state index contributed by atoms with van der Waals surface area (Å²) in [6.45, 7) is 7.81. The summed E-state index contributed by atoms with van der Waals surface area (Å²) in [6, 6.07) is 8.85. The van der Waals surface area contributed by atoms with Crippen molar-refractivity contribution in [2.45, 2.75) is 70.2 Å². The van der Waals surface area contributed by atoms with Gasteiger partial charge in [0.05, 0.1) is 31.2 Å². The molecule has 1 saturated carbocycles. The molecule has 0 saturated heterocycles. The van der Waals surface area contributed by atoms with E-state index in [2.05, 4.69) is 15.3 Å². The SMILES string of the molecule is COc1ccc2c(c1)OC(C)(C)C[C@@H]2NC(=O)[C@H]1C[C@@H]1[C@@H](c1cccnc1)N1C(=O)CC(C)(C)N=C1N. The zero-order valence-electron chi connectivity index (χ0n) is 22.0. The van der Waals surface area contributed by atoms with E-state index in [0.29, 0.717) is 24.3 Å². The van der Waals surface area contributed by atoms with Gasteiger partial charge in [-0.2, -0.15) is 0 Å². The zero-order valence-corrected chi connectivity index (χ0v) is 22.0. The van der Waals surface area contributed by atoms with E-state index in [9.17, 15) is 9.59 Å². The quantitative estimate of drug-likeness (QED) is 0.620. The number of ether oxygens (including phenoxy) is 2. The van der Waals surface area contributed by atoms with Gasteiger partial charge in [0.25, 0.3) is 0 Å². The fraction of sp³-hybridized carbons (Fsp3) is 0.500. The number of amides is 2. The van der Waals surface area contributed by atoms with Crippen LogP contribution in [0.3, 0.4) is 0 Å². The largest absolute Gasteiger partial charge is 0.497 e. The Morgan fingerprint density at radius 1 is 1.27 bits per heavy atom. The smallest absolute Gasteiger partial charge is 0.232 e. The predicted octanol–water partition coefficient (Wildman–Crippen LogP) is 3.51. The molecule has 2 aliphatic heterocycles. The van der Waals surface area contributed by atoms with Crippen LogP contribution >= 0.6 is 0 Å². The van der Waals surface area contributed by atoms with Gasteiger partial charge in [0.15, 0.2) is 5.96 Å². The molecule has 4 atom stereocenters. The molecule has 1 aliphatic carbocycles. The van der Waals surface area contributed by atoms with Crippen LogP contribution in [0.5, 0.6) is 11.5 Å². The van der Waals surface area contributed by atoms with Crippen LogP contribution in [0, 0.1) is 11.8 Å². The molecule has 9 heteroatoms. The maximum absolute atomic E-state index is 13.6. The van der Waals surface area contributed by atoms with Crippen molar-refractivity contribution in [1.29, 1.82) is 0 Å². The van der Waals surface area contributed by atoms with E-state index in [1.165, 1.54) is 0 Å². The van der Waals surface area contributed by atoms with Crippen LogP contribution in [-0.2, 0) is 9.59 Å². The monoisotopic (exact) mass is 505 g/mol. The lowest BCUT2D eigenvalue weighted by molar-refractivity contribution is -0.132. The number of benzene rings is 1. The normalized spacial score (nSPS) is 26.3. The lowest BCUT2D eigenvalue weighted by Crippen LogP contribution is -2.52. The van der Waals surface area contributed by atoms with Crippen LogP contribution in [0.1, 0.15) is 70.2 Å². The Morgan fingerprint density at radius 3 is 2.73 bits per heavy atom. The van der Waals surface area contributed by atoms with Crippen molar-refractivity contribution >= 4 is 17.8 Å². The van der Waals surface area contributed by atoms with Gasteiger partial charge in [-0.15, -0.1) is 0 Å². The molecular formula is C28H35N5O4. The molecule has 37 heavy (non-hydrogen) atoms. The van der Waals surface area contributed by atoms with E-state index in [4.69, 9.17) is 15.2 Å². The van der Waals surface area contributed by atoms with Gasteiger partial charge in [-0.1, -0.05) is 6.07 Å². The van der Waals surface area contributed by atoms with Gasteiger partial charge in [0.1, 0.15) is 17.1 Å². The number of nitrogens with zero attached hydrogens (tertiary/aromatic N) is 3. The second-order valence-electron chi connectivity index (χ2n) is 11.5. The van der Waals surface area contributed by atoms with E-state index in [-0.39, 0.29) is 42.1 Å². The van der Waals surface area contributed by atoms with Crippen LogP contribution < -0.4 is 20.5 Å². The fourth-order valence-corrected chi connectivity index (χ4v) is 5.65. The number of nitrogens with two attached hydrogens (primary N) is 1. The number of aromatic nitrogens is 1. The second kappa shape index (κ2) is 9.04. The van der Waals surface area contributed by atoms with E-state index in [0.717, 1.165) is 11.1 Å². The number of nitrogens with one attached hydrogen (secondary N) is 1. The molecule has 2 amide bonds. The Balaban J connectivity index is 1.39. The highest BCUT2D eigenvalue weighted by Gasteiger charge is 2.53. The van der Waals surface area contributed by atoms with Crippen molar-refractivity contribution in [2.24, 2.45) is 22.6 Å². The minimum atomic E-state index is -0.552. The van der Waals surface area contributed by atoms with Crippen molar-refractivity contribution < 1.29 is 19.1 Å². The topological polar surface area (TPSA) is 119 Å². The summed E-state index contributed by atoms with van der Waals surface area (Å²) in [5.74, 6) is 1.13. The number of carbonyl (C=O) groups excluding carboxylic acids is 2. The fourth-order valence-electron chi connectivity index (χ4n) is 5.65. The van der Waals surface area contributed by atoms with Crippen LogP contribution in [0.4, 0.5) is 0 Å². The summed E-state index contributed by atoms with van der Waals surface area (Å²) < 4.78 is 11.5. The predicted molar refractivity (Wildman–Crippen MR) is 139 cm³/mol. The third-order valence-corrected chi connectivity index (χ3v) is 7.40. The maximum Gasteiger partial charge on any atom is 0.232 e. The van der Waals surface area contributed by atoms with Crippen LogP contribution in [0.2, 0.25) is 0 Å². The number of rotatable bonds is 6. The highest BCUT2D eigenvalue weighted by molar-refractivity contribution is 5.99. The third kappa shape index (κ3) is 4.99. The van der Waals surface area contributed by atoms with Crippen molar-refractivity contribution in [1.82, 2.24) is 15.2 Å². The summed E-state index contributed by atoms with van der Waals surface area (Å²) in [7, 11) is 1.62. The highest BCUT2D eigenvalue weighted by atomic mass is 16.5. The molecule has 3 aliphatic rings. The lowest BCUT2D eigenvalue weighted by atomic mass is 9.89. The number of guanidine groups is 1. The van der Waals surface area contributed by atoms with E-state index >= 15 is 0 Å². The molecule has 0 unspecified atom stereocenters. The summed E-state index contributed by atoms with van der Waals surface area (Å²) in [5, 5.41) is 3.26. The summed E-state index contributed by atoms with van der Waals surface area (Å²) in [5.41, 5.74) is 7.11. The number of hydrogen-bond acceptors (Lipinski definition) is 7. The lowest BCUT2D eigenvalue weighted by Gasteiger charge is -2.39. The summed E-state index contributed by atoms with van der Waals surface area (Å²) in [4.78, 5) is 37.2. The molecule has 0 bridgehead atoms. The average Bonchev–Trinajstić information content (AvgIpc) is 3.60. The van der Waals surface area contributed by atoms with Gasteiger partial charge in [0, 0.05) is 36.4 Å². The minimum Gasteiger partial charge on any atom is -0.497 e. The number of carbonyl (C=O) groups is 2. The molecule has 0 radical (unpaired) electrons. The molecule has 9 nitrogen and oxygen atoms in total. The van der Waals surface area contributed by atoms with Crippen molar-refractivity contribution in [3.63, 3.8) is 0 Å². The number of pyridine rings is 1. The Bertz CT molecular complexity index is 1240.